The maximum Gasteiger partial charge on any atom is 0.0518 e. The zero-order chi connectivity index (χ0) is 11.1. The highest BCUT2D eigenvalue weighted by atomic mass is 16.3. The molecule has 1 rings (SSSR count). The Morgan fingerprint density at radius 2 is 2.13 bits per heavy atom. The fourth-order valence-corrected chi connectivity index (χ4v) is 1.69. The van der Waals surface area contributed by atoms with E-state index in [2.05, 4.69) is 5.32 Å². The van der Waals surface area contributed by atoms with Crippen LogP contribution in [0.15, 0.2) is 36.2 Å². The number of rotatable bonds is 5. The maximum absolute atomic E-state index is 9.38. The molecule has 15 heavy (non-hydrogen) atoms. The van der Waals surface area contributed by atoms with E-state index in [0.29, 0.717) is 12.8 Å². The van der Waals surface area contributed by atoms with Crippen LogP contribution >= 0.6 is 0 Å². The van der Waals surface area contributed by atoms with Crippen molar-refractivity contribution in [3.05, 3.63) is 36.2 Å². The number of hydrogen-bond donors (Lipinski definition) is 3. The van der Waals surface area contributed by atoms with Gasteiger partial charge in [0.15, 0.2) is 0 Å². The molecule has 3 heteroatoms. The molecule has 3 N–H and O–H groups in total. The molecule has 0 aromatic heterocycles. The van der Waals surface area contributed by atoms with E-state index in [1.54, 1.807) is 6.92 Å². The van der Waals surface area contributed by atoms with E-state index in [1.165, 1.54) is 0 Å². The molecule has 0 fully saturated rings. The van der Waals surface area contributed by atoms with E-state index in [9.17, 15) is 5.11 Å². The summed E-state index contributed by atoms with van der Waals surface area (Å²) in [7, 11) is 0. The van der Waals surface area contributed by atoms with Crippen LogP contribution in [0.4, 0.5) is 0 Å². The molecule has 0 aromatic rings. The molecule has 0 saturated carbocycles. The van der Waals surface area contributed by atoms with E-state index in [-0.39, 0.29) is 18.6 Å². The average Bonchev–Trinajstić information content (AvgIpc) is 2.44. The van der Waals surface area contributed by atoms with E-state index in [1.807, 2.05) is 30.5 Å². The summed E-state index contributed by atoms with van der Waals surface area (Å²) in [6.45, 7) is 1.91. The Morgan fingerprint density at radius 3 is 2.80 bits per heavy atom. The third kappa shape index (κ3) is 4.32. The van der Waals surface area contributed by atoms with Gasteiger partial charge in [-0.15, -0.1) is 0 Å². The molecule has 3 nitrogen and oxygen atoms in total. The van der Waals surface area contributed by atoms with Crippen molar-refractivity contribution in [2.45, 2.75) is 25.9 Å². The Hall–Kier alpha value is -1.06. The second-order valence-corrected chi connectivity index (χ2v) is 3.80. The van der Waals surface area contributed by atoms with Crippen LogP contribution in [-0.4, -0.2) is 22.9 Å². The highest BCUT2D eigenvalue weighted by molar-refractivity contribution is 5.22. The van der Waals surface area contributed by atoms with E-state index in [4.69, 9.17) is 5.11 Å². The summed E-state index contributed by atoms with van der Waals surface area (Å²) in [5, 5.41) is 21.5. The Morgan fingerprint density at radius 1 is 1.33 bits per heavy atom. The van der Waals surface area contributed by atoms with Crippen molar-refractivity contribution in [1.82, 2.24) is 5.32 Å². The van der Waals surface area contributed by atoms with Gasteiger partial charge in [-0.25, -0.2) is 0 Å². The van der Waals surface area contributed by atoms with Crippen LogP contribution in [-0.2, 0) is 0 Å². The van der Waals surface area contributed by atoms with E-state index in [0.717, 1.165) is 5.70 Å². The third-order valence-corrected chi connectivity index (χ3v) is 2.39. The number of aliphatic hydroxyl groups excluding tert-OH is 2. The van der Waals surface area contributed by atoms with Crippen LogP contribution in [0, 0.1) is 5.92 Å². The lowest BCUT2D eigenvalue weighted by Gasteiger charge is -2.20. The minimum atomic E-state index is -0.347. The monoisotopic (exact) mass is 209 g/mol. The first-order chi connectivity index (χ1) is 7.24. The highest BCUT2D eigenvalue weighted by Gasteiger charge is 2.15. The largest absolute Gasteiger partial charge is 0.396 e. The second kappa shape index (κ2) is 6.43. The lowest BCUT2D eigenvalue weighted by Crippen LogP contribution is -2.20. The van der Waals surface area contributed by atoms with Gasteiger partial charge in [0.25, 0.3) is 0 Å². The standard InChI is InChI=1S/C12H19NO2/c1-10(15)9-11(6-8-14)12-5-3-2-4-7-13-12/h2-5,7,10-11,13-15H,6,8-9H2,1H3. The van der Waals surface area contributed by atoms with Crippen LogP contribution in [0.3, 0.4) is 0 Å². The molecule has 0 amide bonds. The summed E-state index contributed by atoms with van der Waals surface area (Å²) in [4.78, 5) is 0. The Labute approximate surface area is 90.8 Å². The van der Waals surface area contributed by atoms with Crippen molar-refractivity contribution in [3.8, 4) is 0 Å². The summed E-state index contributed by atoms with van der Waals surface area (Å²) in [6, 6.07) is 0. The molecule has 0 aliphatic carbocycles. The van der Waals surface area contributed by atoms with Gasteiger partial charge in [-0.1, -0.05) is 12.2 Å². The number of hydrogen-bond acceptors (Lipinski definition) is 3. The SMILES string of the molecule is CC(O)CC(CCO)C1=CC=CC=CN1. The molecule has 2 unspecified atom stereocenters. The van der Waals surface area contributed by atoms with E-state index >= 15 is 0 Å². The molecule has 0 aromatic carbocycles. The van der Waals surface area contributed by atoms with Gasteiger partial charge in [0.1, 0.15) is 0 Å². The minimum absolute atomic E-state index is 0.143. The fourth-order valence-electron chi connectivity index (χ4n) is 1.69. The van der Waals surface area contributed by atoms with Crippen LogP contribution in [0.1, 0.15) is 19.8 Å². The zero-order valence-electron chi connectivity index (χ0n) is 9.06. The predicted molar refractivity (Wildman–Crippen MR) is 61.0 cm³/mol. The molecule has 0 spiro atoms. The van der Waals surface area contributed by atoms with Gasteiger partial charge in [-0.05, 0) is 31.9 Å². The normalized spacial score (nSPS) is 19.0. The molecule has 1 aliphatic heterocycles. The molecule has 1 heterocycles. The van der Waals surface area contributed by atoms with Crippen molar-refractivity contribution >= 4 is 0 Å². The first-order valence-electron chi connectivity index (χ1n) is 5.33. The van der Waals surface area contributed by atoms with Crippen molar-refractivity contribution in [1.29, 1.82) is 0 Å². The highest BCUT2D eigenvalue weighted by Crippen LogP contribution is 2.20. The lowest BCUT2D eigenvalue weighted by molar-refractivity contribution is 0.155. The van der Waals surface area contributed by atoms with Gasteiger partial charge in [0.2, 0.25) is 0 Å². The third-order valence-electron chi connectivity index (χ3n) is 2.39. The second-order valence-electron chi connectivity index (χ2n) is 3.80. The molecule has 0 bridgehead atoms. The lowest BCUT2D eigenvalue weighted by atomic mass is 9.94. The summed E-state index contributed by atoms with van der Waals surface area (Å²) in [6.07, 6.45) is 10.7. The molecule has 1 aliphatic rings. The minimum Gasteiger partial charge on any atom is -0.396 e. The smallest absolute Gasteiger partial charge is 0.0518 e. The van der Waals surface area contributed by atoms with E-state index < -0.39 is 0 Å². The predicted octanol–water partition coefficient (Wildman–Crippen LogP) is 1.31. The molecule has 84 valence electrons. The van der Waals surface area contributed by atoms with Crippen molar-refractivity contribution in [2.24, 2.45) is 5.92 Å². The molecular weight excluding hydrogens is 190 g/mol. The van der Waals surface area contributed by atoms with Crippen LogP contribution in [0.25, 0.3) is 0 Å². The van der Waals surface area contributed by atoms with Crippen LogP contribution in [0.2, 0.25) is 0 Å². The Bertz CT molecular complexity index is 267. The summed E-state index contributed by atoms with van der Waals surface area (Å²) >= 11 is 0. The maximum atomic E-state index is 9.38. The summed E-state index contributed by atoms with van der Waals surface area (Å²) < 4.78 is 0. The van der Waals surface area contributed by atoms with Gasteiger partial charge in [0, 0.05) is 24.4 Å². The van der Waals surface area contributed by atoms with Gasteiger partial charge >= 0.3 is 0 Å². The van der Waals surface area contributed by atoms with Gasteiger partial charge < -0.3 is 15.5 Å². The molecule has 0 saturated heterocycles. The van der Waals surface area contributed by atoms with Crippen molar-refractivity contribution in [2.75, 3.05) is 6.61 Å². The van der Waals surface area contributed by atoms with Gasteiger partial charge in [-0.2, -0.15) is 0 Å². The molecule has 2 atom stereocenters. The average molecular weight is 209 g/mol. The quantitative estimate of drug-likeness (QED) is 0.640. The van der Waals surface area contributed by atoms with Gasteiger partial charge in [0.05, 0.1) is 6.10 Å². The topological polar surface area (TPSA) is 52.5 Å². The number of allylic oxidation sites excluding steroid dienone is 5. The number of nitrogens with one attached hydrogen (secondary N) is 1. The van der Waals surface area contributed by atoms with Crippen LogP contribution in [0.5, 0.6) is 0 Å². The fraction of sp³-hybridized carbons (Fsp3) is 0.500. The van der Waals surface area contributed by atoms with Gasteiger partial charge in [-0.3, -0.25) is 0 Å². The first kappa shape index (κ1) is 12.0. The summed E-state index contributed by atoms with van der Waals surface area (Å²) in [5.74, 6) is 0.183. The number of aliphatic hydroxyl groups is 2. The molecule has 0 radical (unpaired) electrons. The summed E-state index contributed by atoms with van der Waals surface area (Å²) in [5.41, 5.74) is 1.05. The Kier molecular flexibility index (Phi) is 5.15. The molecular formula is C12H19NO2. The Balaban J connectivity index is 2.65. The first-order valence-corrected chi connectivity index (χ1v) is 5.33. The van der Waals surface area contributed by atoms with Crippen LogP contribution < -0.4 is 5.32 Å². The van der Waals surface area contributed by atoms with Crippen molar-refractivity contribution in [3.63, 3.8) is 0 Å². The zero-order valence-corrected chi connectivity index (χ0v) is 9.06. The van der Waals surface area contributed by atoms with Crippen molar-refractivity contribution < 1.29 is 10.2 Å².